The number of esters is 1. The van der Waals surface area contributed by atoms with Crippen LogP contribution in [0.4, 0.5) is 0 Å². The molecule has 1 aliphatic heterocycles. The van der Waals surface area contributed by atoms with Gasteiger partial charge in [-0.1, -0.05) is 25.4 Å². The first-order valence-electron chi connectivity index (χ1n) is 11.0. The molecule has 35 heavy (non-hydrogen) atoms. The molecule has 0 fully saturated rings. The highest BCUT2D eigenvalue weighted by Gasteiger charge is 2.36. The number of hydrogen-bond donors (Lipinski definition) is 1. The Morgan fingerprint density at radius 2 is 1.94 bits per heavy atom. The van der Waals surface area contributed by atoms with Crippen molar-refractivity contribution in [2.75, 3.05) is 13.2 Å². The van der Waals surface area contributed by atoms with Gasteiger partial charge in [0.15, 0.2) is 0 Å². The zero-order valence-corrected chi connectivity index (χ0v) is 20.5. The summed E-state index contributed by atoms with van der Waals surface area (Å²) in [6, 6.07) is 9.94. The minimum absolute atomic E-state index is 0.108. The van der Waals surface area contributed by atoms with Crippen molar-refractivity contribution in [1.29, 1.82) is 5.26 Å². The number of nitrogens with zero attached hydrogens (tertiary/aromatic N) is 2. The number of aliphatic hydroxyl groups excluding tert-OH is 1. The second-order valence-corrected chi connectivity index (χ2v) is 9.04. The Kier molecular flexibility index (Phi) is 7.95. The van der Waals surface area contributed by atoms with Crippen LogP contribution in [-0.4, -0.2) is 47.0 Å². The van der Waals surface area contributed by atoms with Crippen LogP contribution in [-0.2, 0) is 14.3 Å². The molecular weight excluding hydrogens is 472 g/mol. The van der Waals surface area contributed by atoms with E-state index in [-0.39, 0.29) is 46.4 Å². The van der Waals surface area contributed by atoms with Crippen molar-refractivity contribution in [1.82, 2.24) is 4.90 Å². The van der Waals surface area contributed by atoms with Crippen molar-refractivity contribution in [2.45, 2.75) is 33.8 Å². The van der Waals surface area contributed by atoms with E-state index in [1.54, 1.807) is 30.3 Å². The fourth-order valence-corrected chi connectivity index (χ4v) is 3.64. The number of aliphatic hydroxyl groups is 1. The molecule has 1 aromatic carbocycles. The lowest BCUT2D eigenvalue weighted by molar-refractivity contribution is -0.141. The molecule has 0 aliphatic carbocycles. The summed E-state index contributed by atoms with van der Waals surface area (Å²) in [6.07, 6.45) is 0.484. The Morgan fingerprint density at radius 1 is 1.23 bits per heavy atom. The Balaban J connectivity index is 1.96. The highest BCUT2D eigenvalue weighted by atomic mass is 35.5. The molecule has 8 nitrogen and oxygen atoms in total. The van der Waals surface area contributed by atoms with Crippen molar-refractivity contribution in [3.05, 3.63) is 63.4 Å². The maximum atomic E-state index is 13.0. The maximum Gasteiger partial charge on any atom is 0.339 e. The lowest BCUT2D eigenvalue weighted by atomic mass is 9.94. The molecule has 1 atom stereocenters. The van der Waals surface area contributed by atoms with Crippen LogP contribution in [0.2, 0.25) is 5.02 Å². The zero-order valence-electron chi connectivity index (χ0n) is 19.8. The first-order valence-corrected chi connectivity index (χ1v) is 11.4. The molecule has 182 valence electrons. The number of halogens is 1. The third-order valence-electron chi connectivity index (χ3n) is 5.20. The lowest BCUT2D eigenvalue weighted by Gasteiger charge is -2.28. The van der Waals surface area contributed by atoms with Crippen LogP contribution < -0.4 is 0 Å². The minimum Gasteiger partial charge on any atom is -0.462 e. The molecular formula is C26H25ClN2O6. The molecule has 0 radical (unpaired) electrons. The number of benzene rings is 1. The first kappa shape index (κ1) is 25.9. The van der Waals surface area contributed by atoms with E-state index in [2.05, 4.69) is 0 Å². The summed E-state index contributed by atoms with van der Waals surface area (Å²) < 4.78 is 11.1. The number of rotatable bonds is 7. The summed E-state index contributed by atoms with van der Waals surface area (Å²) in [5.41, 5.74) is 0.931. The third-order valence-corrected chi connectivity index (χ3v) is 5.53. The van der Waals surface area contributed by atoms with Crippen LogP contribution in [0.3, 0.4) is 0 Å². The minimum atomic E-state index is -0.955. The summed E-state index contributed by atoms with van der Waals surface area (Å²) in [5, 5.41) is 19.4. The van der Waals surface area contributed by atoms with Gasteiger partial charge in [-0.3, -0.25) is 14.5 Å². The third kappa shape index (κ3) is 5.70. The molecule has 1 unspecified atom stereocenters. The van der Waals surface area contributed by atoms with Crippen LogP contribution in [0, 0.1) is 17.2 Å². The number of ether oxygens (including phenoxy) is 1. The average molecular weight is 497 g/mol. The largest absolute Gasteiger partial charge is 0.462 e. The fourth-order valence-electron chi connectivity index (χ4n) is 3.44. The van der Waals surface area contributed by atoms with Crippen LogP contribution >= 0.6 is 11.6 Å². The van der Waals surface area contributed by atoms with Gasteiger partial charge in [0.1, 0.15) is 23.2 Å². The molecule has 2 amide bonds. The van der Waals surface area contributed by atoms with Gasteiger partial charge in [0.2, 0.25) is 0 Å². The Hall–Kier alpha value is -3.67. The van der Waals surface area contributed by atoms with Crippen LogP contribution in [0.25, 0.3) is 17.4 Å². The Morgan fingerprint density at radius 3 is 2.57 bits per heavy atom. The van der Waals surface area contributed by atoms with Crippen LogP contribution in [0.1, 0.15) is 43.8 Å². The number of hydrogen-bond acceptors (Lipinski definition) is 7. The van der Waals surface area contributed by atoms with Gasteiger partial charge in [0.25, 0.3) is 11.8 Å². The van der Waals surface area contributed by atoms with Crippen molar-refractivity contribution in [2.24, 2.45) is 5.92 Å². The van der Waals surface area contributed by atoms with E-state index in [0.717, 1.165) is 4.90 Å². The van der Waals surface area contributed by atoms with Gasteiger partial charge >= 0.3 is 5.97 Å². The fraction of sp³-hybridized carbons (Fsp3) is 0.308. The normalized spacial score (nSPS) is 16.2. The summed E-state index contributed by atoms with van der Waals surface area (Å²) in [4.78, 5) is 38.7. The van der Waals surface area contributed by atoms with Gasteiger partial charge in [-0.05, 0) is 61.7 Å². The highest BCUT2D eigenvalue weighted by Crippen LogP contribution is 2.31. The molecule has 0 saturated carbocycles. The van der Waals surface area contributed by atoms with E-state index in [9.17, 15) is 24.8 Å². The number of amides is 2. The Labute approximate surface area is 208 Å². The van der Waals surface area contributed by atoms with Gasteiger partial charge in [-0.15, -0.1) is 0 Å². The first-order chi connectivity index (χ1) is 16.5. The zero-order chi connectivity index (χ0) is 25.9. The number of imide groups is 1. The predicted octanol–water partition coefficient (Wildman–Crippen LogP) is 4.39. The van der Waals surface area contributed by atoms with Crippen LogP contribution in [0.5, 0.6) is 0 Å². The van der Waals surface area contributed by atoms with E-state index in [0.29, 0.717) is 17.1 Å². The molecule has 0 spiro atoms. The summed E-state index contributed by atoms with van der Waals surface area (Å²) >= 11 is 6.19. The highest BCUT2D eigenvalue weighted by molar-refractivity contribution is 6.33. The molecule has 2 heterocycles. The quantitative estimate of drug-likeness (QED) is 0.343. The topological polar surface area (TPSA) is 121 Å². The number of β-amino-alcohol motifs (C(OH)–C–C–N with tert-alkyl or cyclic N) is 1. The average Bonchev–Trinajstić information content (AvgIpc) is 3.27. The molecule has 1 aromatic heterocycles. The van der Waals surface area contributed by atoms with E-state index in [1.807, 2.05) is 19.9 Å². The number of carbonyl (C=O) groups excluding carboxylic acids is 3. The summed E-state index contributed by atoms with van der Waals surface area (Å²) in [7, 11) is 0. The number of carbonyl (C=O) groups is 3. The number of nitriles is 1. The van der Waals surface area contributed by atoms with E-state index >= 15 is 0 Å². The van der Waals surface area contributed by atoms with Gasteiger partial charge in [0, 0.05) is 11.1 Å². The standard InChI is InChI=1S/C26H25ClN2O6/c1-14(2)13-34-26(33)20-9-17(5-7-22(20)27)23-8-6-18(35-23)10-19-16(4)21(11-28)25(32)29(24(19)31)12-15(3)30/h5-10,14-15,30H,12-13H2,1-4H3. The molecule has 3 rings (SSSR count). The van der Waals surface area contributed by atoms with Crippen molar-refractivity contribution in [3.8, 4) is 17.4 Å². The van der Waals surface area contributed by atoms with Crippen molar-refractivity contribution >= 4 is 35.5 Å². The summed E-state index contributed by atoms with van der Waals surface area (Å²) in [5.74, 6) is -1.04. The smallest absolute Gasteiger partial charge is 0.339 e. The molecule has 1 N–H and O–H groups in total. The molecule has 2 aromatic rings. The second-order valence-electron chi connectivity index (χ2n) is 8.63. The summed E-state index contributed by atoms with van der Waals surface area (Å²) in [6.45, 7) is 6.83. The van der Waals surface area contributed by atoms with Crippen molar-refractivity contribution < 1.29 is 28.6 Å². The maximum absolute atomic E-state index is 13.0. The van der Waals surface area contributed by atoms with E-state index < -0.39 is 23.9 Å². The van der Waals surface area contributed by atoms with Gasteiger partial charge in [-0.25, -0.2) is 4.79 Å². The van der Waals surface area contributed by atoms with E-state index in [4.69, 9.17) is 20.8 Å². The lowest BCUT2D eigenvalue weighted by Crippen LogP contribution is -2.45. The van der Waals surface area contributed by atoms with Gasteiger partial charge < -0.3 is 14.3 Å². The SMILES string of the molecule is CC1=C(C#N)C(=O)N(CC(C)O)C(=O)C1=Cc1ccc(-c2ccc(Cl)c(C(=O)OCC(C)C)c2)o1. The molecule has 1 aliphatic rings. The molecule has 0 bridgehead atoms. The molecule has 9 heteroatoms. The van der Waals surface area contributed by atoms with Gasteiger partial charge in [-0.2, -0.15) is 5.26 Å². The second kappa shape index (κ2) is 10.7. The number of furan rings is 1. The monoisotopic (exact) mass is 496 g/mol. The van der Waals surface area contributed by atoms with Gasteiger partial charge in [0.05, 0.1) is 29.8 Å². The molecule has 0 saturated heterocycles. The van der Waals surface area contributed by atoms with Crippen molar-refractivity contribution in [3.63, 3.8) is 0 Å². The van der Waals surface area contributed by atoms with E-state index in [1.165, 1.54) is 19.9 Å². The van der Waals surface area contributed by atoms with Crippen LogP contribution in [0.15, 0.2) is 51.5 Å². The predicted molar refractivity (Wildman–Crippen MR) is 129 cm³/mol. The Bertz CT molecular complexity index is 1280.